The van der Waals surface area contributed by atoms with Gasteiger partial charge in [-0.1, -0.05) is 30.3 Å². The number of nitrogens with zero attached hydrogens (tertiary/aromatic N) is 1. The molecule has 1 amide bonds. The van der Waals surface area contributed by atoms with Crippen LogP contribution in [0.1, 0.15) is 26.3 Å². The van der Waals surface area contributed by atoms with E-state index >= 15 is 0 Å². The van der Waals surface area contributed by atoms with Crippen molar-refractivity contribution >= 4 is 5.91 Å². The standard InChI is InChI=1S/C18H28N2O3/c1-14-11-20(12-15(2)23-14)10-9-19-18(21)16(3)22-13-17-7-5-4-6-8-17/h4-8,14-16H,9-13H2,1-3H3,(H,19,21). The molecule has 5 nitrogen and oxygen atoms in total. The van der Waals surface area contributed by atoms with Gasteiger partial charge in [-0.2, -0.15) is 0 Å². The third-order valence-corrected chi connectivity index (χ3v) is 3.93. The predicted octanol–water partition coefficient (Wildman–Crippen LogP) is 1.82. The summed E-state index contributed by atoms with van der Waals surface area (Å²) in [6.45, 7) is 9.72. The highest BCUT2D eigenvalue weighted by Crippen LogP contribution is 2.09. The summed E-state index contributed by atoms with van der Waals surface area (Å²) in [6, 6.07) is 9.88. The van der Waals surface area contributed by atoms with E-state index in [-0.39, 0.29) is 18.1 Å². The van der Waals surface area contributed by atoms with Gasteiger partial charge in [0.05, 0.1) is 18.8 Å². The largest absolute Gasteiger partial charge is 0.373 e. The number of carbonyl (C=O) groups is 1. The normalized spacial score (nSPS) is 23.4. The van der Waals surface area contributed by atoms with Crippen LogP contribution >= 0.6 is 0 Å². The zero-order valence-electron chi connectivity index (χ0n) is 14.3. The first-order valence-corrected chi connectivity index (χ1v) is 8.35. The summed E-state index contributed by atoms with van der Waals surface area (Å²) in [7, 11) is 0. The van der Waals surface area contributed by atoms with Crippen LogP contribution in [0.3, 0.4) is 0 Å². The summed E-state index contributed by atoms with van der Waals surface area (Å²) >= 11 is 0. The molecule has 1 fully saturated rings. The Labute approximate surface area is 139 Å². The van der Waals surface area contributed by atoms with E-state index in [1.54, 1.807) is 6.92 Å². The van der Waals surface area contributed by atoms with Gasteiger partial charge in [0, 0.05) is 26.2 Å². The lowest BCUT2D eigenvalue weighted by atomic mass is 10.2. The van der Waals surface area contributed by atoms with Crippen molar-refractivity contribution in [3.8, 4) is 0 Å². The van der Waals surface area contributed by atoms with E-state index in [1.165, 1.54) is 0 Å². The molecule has 0 aliphatic carbocycles. The molecule has 1 aromatic carbocycles. The van der Waals surface area contributed by atoms with Crippen LogP contribution < -0.4 is 5.32 Å². The zero-order chi connectivity index (χ0) is 16.7. The van der Waals surface area contributed by atoms with Gasteiger partial charge < -0.3 is 14.8 Å². The maximum atomic E-state index is 12.1. The lowest BCUT2D eigenvalue weighted by Crippen LogP contribution is -2.48. The van der Waals surface area contributed by atoms with Crippen LogP contribution in [-0.4, -0.2) is 55.3 Å². The minimum atomic E-state index is -0.447. The number of hydrogen-bond donors (Lipinski definition) is 1. The molecule has 128 valence electrons. The molecule has 0 spiro atoms. The molecule has 3 atom stereocenters. The molecule has 0 aromatic heterocycles. The third kappa shape index (κ3) is 6.29. The quantitative estimate of drug-likeness (QED) is 0.832. The van der Waals surface area contributed by atoms with Crippen LogP contribution in [0, 0.1) is 0 Å². The SMILES string of the molecule is CC1CN(CCNC(=O)C(C)OCc2ccccc2)CC(C)O1. The van der Waals surface area contributed by atoms with Gasteiger partial charge in [0.25, 0.3) is 0 Å². The number of ether oxygens (including phenoxy) is 2. The lowest BCUT2D eigenvalue weighted by Gasteiger charge is -2.35. The van der Waals surface area contributed by atoms with E-state index in [2.05, 4.69) is 24.1 Å². The van der Waals surface area contributed by atoms with E-state index in [4.69, 9.17) is 9.47 Å². The fraction of sp³-hybridized carbons (Fsp3) is 0.611. The third-order valence-electron chi connectivity index (χ3n) is 3.93. The molecule has 1 heterocycles. The highest BCUT2D eigenvalue weighted by atomic mass is 16.5. The van der Waals surface area contributed by atoms with Gasteiger partial charge in [-0.15, -0.1) is 0 Å². The van der Waals surface area contributed by atoms with Crippen LogP contribution in [0.5, 0.6) is 0 Å². The Balaban J connectivity index is 1.64. The number of benzene rings is 1. The summed E-state index contributed by atoms with van der Waals surface area (Å²) in [4.78, 5) is 14.4. The number of morpholine rings is 1. The van der Waals surface area contributed by atoms with Crippen molar-refractivity contribution < 1.29 is 14.3 Å². The van der Waals surface area contributed by atoms with Gasteiger partial charge >= 0.3 is 0 Å². The molecule has 0 saturated carbocycles. The number of amides is 1. The Bertz CT molecular complexity index is 470. The van der Waals surface area contributed by atoms with Crippen LogP contribution in [0.15, 0.2) is 30.3 Å². The molecule has 1 aromatic rings. The summed E-state index contributed by atoms with van der Waals surface area (Å²) in [5.74, 6) is -0.0599. The second-order valence-corrected chi connectivity index (χ2v) is 6.25. The second-order valence-electron chi connectivity index (χ2n) is 6.25. The van der Waals surface area contributed by atoms with Crippen molar-refractivity contribution in [2.75, 3.05) is 26.2 Å². The first-order valence-electron chi connectivity index (χ1n) is 8.35. The van der Waals surface area contributed by atoms with Gasteiger partial charge in [-0.3, -0.25) is 9.69 Å². The summed E-state index contributed by atoms with van der Waals surface area (Å²) in [5.41, 5.74) is 1.07. The molecular weight excluding hydrogens is 292 g/mol. The van der Waals surface area contributed by atoms with E-state index in [0.29, 0.717) is 13.2 Å². The highest BCUT2D eigenvalue weighted by molar-refractivity contribution is 5.80. The molecule has 0 bridgehead atoms. The Kier molecular flexibility index (Phi) is 7.02. The molecular formula is C18H28N2O3. The minimum Gasteiger partial charge on any atom is -0.373 e. The molecule has 0 radical (unpaired) electrons. The number of rotatable bonds is 7. The Morgan fingerprint density at radius 1 is 1.30 bits per heavy atom. The van der Waals surface area contributed by atoms with Crippen LogP contribution in [0.2, 0.25) is 0 Å². The van der Waals surface area contributed by atoms with E-state index in [9.17, 15) is 4.79 Å². The number of nitrogens with one attached hydrogen (secondary N) is 1. The Morgan fingerprint density at radius 3 is 2.61 bits per heavy atom. The van der Waals surface area contributed by atoms with Gasteiger partial charge in [0.2, 0.25) is 5.91 Å². The van der Waals surface area contributed by atoms with Crippen molar-refractivity contribution in [3.63, 3.8) is 0 Å². The van der Waals surface area contributed by atoms with Gasteiger partial charge in [0.1, 0.15) is 6.10 Å². The van der Waals surface area contributed by atoms with Gasteiger partial charge in [-0.05, 0) is 26.3 Å². The minimum absolute atomic E-state index is 0.0599. The number of hydrogen-bond acceptors (Lipinski definition) is 4. The van der Waals surface area contributed by atoms with Crippen molar-refractivity contribution in [2.45, 2.75) is 45.7 Å². The Morgan fingerprint density at radius 2 is 1.96 bits per heavy atom. The Hall–Kier alpha value is -1.43. The van der Waals surface area contributed by atoms with Crippen LogP contribution in [-0.2, 0) is 20.9 Å². The van der Waals surface area contributed by atoms with Crippen molar-refractivity contribution in [1.29, 1.82) is 0 Å². The average molecular weight is 320 g/mol. The average Bonchev–Trinajstić information content (AvgIpc) is 2.52. The molecule has 3 unspecified atom stereocenters. The molecule has 5 heteroatoms. The van der Waals surface area contributed by atoms with Crippen molar-refractivity contribution in [2.24, 2.45) is 0 Å². The molecule has 1 N–H and O–H groups in total. The first-order chi connectivity index (χ1) is 11.0. The summed E-state index contributed by atoms with van der Waals surface area (Å²) < 4.78 is 11.3. The van der Waals surface area contributed by atoms with Gasteiger partial charge in [-0.25, -0.2) is 0 Å². The maximum absolute atomic E-state index is 12.1. The monoisotopic (exact) mass is 320 g/mol. The first kappa shape index (κ1) is 17.9. The van der Waals surface area contributed by atoms with Crippen LogP contribution in [0.4, 0.5) is 0 Å². The van der Waals surface area contributed by atoms with E-state index in [1.807, 2.05) is 30.3 Å². The fourth-order valence-corrected chi connectivity index (χ4v) is 2.82. The van der Waals surface area contributed by atoms with E-state index in [0.717, 1.165) is 25.2 Å². The second kappa shape index (κ2) is 9.01. The van der Waals surface area contributed by atoms with E-state index < -0.39 is 6.10 Å². The topological polar surface area (TPSA) is 50.8 Å². The number of carbonyl (C=O) groups excluding carboxylic acids is 1. The molecule has 23 heavy (non-hydrogen) atoms. The van der Waals surface area contributed by atoms with Crippen LogP contribution in [0.25, 0.3) is 0 Å². The molecule has 1 aliphatic rings. The summed E-state index contributed by atoms with van der Waals surface area (Å²) in [6.07, 6.45) is 0.0582. The molecule has 1 aliphatic heterocycles. The smallest absolute Gasteiger partial charge is 0.248 e. The zero-order valence-corrected chi connectivity index (χ0v) is 14.3. The van der Waals surface area contributed by atoms with Crippen molar-refractivity contribution in [3.05, 3.63) is 35.9 Å². The highest BCUT2D eigenvalue weighted by Gasteiger charge is 2.22. The maximum Gasteiger partial charge on any atom is 0.248 e. The lowest BCUT2D eigenvalue weighted by molar-refractivity contribution is -0.132. The molecule has 2 rings (SSSR count). The molecule has 1 saturated heterocycles. The fourth-order valence-electron chi connectivity index (χ4n) is 2.82. The van der Waals surface area contributed by atoms with Crippen molar-refractivity contribution in [1.82, 2.24) is 10.2 Å². The summed E-state index contributed by atoms with van der Waals surface area (Å²) in [5, 5.41) is 2.95. The predicted molar refractivity (Wildman–Crippen MR) is 90.2 cm³/mol. The van der Waals surface area contributed by atoms with Gasteiger partial charge in [0.15, 0.2) is 0 Å².